The van der Waals surface area contributed by atoms with E-state index in [1.807, 2.05) is 19.2 Å². The van der Waals surface area contributed by atoms with E-state index in [4.69, 9.17) is 9.05 Å². The number of hydrogen-bond donors (Lipinski definition) is 1. The number of nitrogens with one attached hydrogen (secondary N) is 1. The van der Waals surface area contributed by atoms with Gasteiger partial charge in [0.15, 0.2) is 0 Å². The highest BCUT2D eigenvalue weighted by molar-refractivity contribution is 7.62. The average Bonchev–Trinajstić information content (AvgIpc) is 2.31. The van der Waals surface area contributed by atoms with Crippen LogP contribution in [-0.2, 0) is 20.2 Å². The van der Waals surface area contributed by atoms with Crippen molar-refractivity contribution < 1.29 is 13.6 Å². The molecule has 0 aromatic heterocycles. The van der Waals surface area contributed by atoms with Crippen LogP contribution < -0.4 is 10.6 Å². The highest BCUT2D eigenvalue weighted by atomic mass is 31.2. The van der Waals surface area contributed by atoms with E-state index < -0.39 is 7.60 Å². The molecule has 0 radical (unpaired) electrons. The summed E-state index contributed by atoms with van der Waals surface area (Å²) in [5.74, 6) is 0. The predicted molar refractivity (Wildman–Crippen MR) is 69.7 cm³/mol. The highest BCUT2D eigenvalue weighted by Crippen LogP contribution is 2.46. The Balaban J connectivity index is 2.91. The molecular formula is C12H20NO3P. The molecule has 0 aliphatic rings. The van der Waals surface area contributed by atoms with Gasteiger partial charge >= 0.3 is 7.60 Å². The SMILES string of the molecule is CCOP(=O)(OCC)c1ccc(CNC)cc1. The van der Waals surface area contributed by atoms with Crippen LogP contribution in [0.3, 0.4) is 0 Å². The molecule has 0 saturated heterocycles. The average molecular weight is 257 g/mol. The summed E-state index contributed by atoms with van der Waals surface area (Å²) in [6, 6.07) is 7.46. The van der Waals surface area contributed by atoms with Crippen molar-refractivity contribution in [1.29, 1.82) is 0 Å². The van der Waals surface area contributed by atoms with Gasteiger partial charge in [-0.1, -0.05) is 12.1 Å². The molecule has 1 aromatic carbocycles. The molecular weight excluding hydrogens is 237 g/mol. The maximum absolute atomic E-state index is 12.4. The van der Waals surface area contributed by atoms with Crippen LogP contribution in [0.15, 0.2) is 24.3 Å². The van der Waals surface area contributed by atoms with Crippen molar-refractivity contribution in [1.82, 2.24) is 5.32 Å². The molecule has 0 spiro atoms. The molecule has 96 valence electrons. The lowest BCUT2D eigenvalue weighted by Crippen LogP contribution is -2.12. The fourth-order valence-corrected chi connectivity index (χ4v) is 3.09. The molecule has 4 nitrogen and oxygen atoms in total. The second kappa shape index (κ2) is 6.92. The normalized spacial score (nSPS) is 11.7. The largest absolute Gasteiger partial charge is 0.361 e. The summed E-state index contributed by atoms with van der Waals surface area (Å²) < 4.78 is 23.0. The van der Waals surface area contributed by atoms with Crippen LogP contribution in [0.4, 0.5) is 0 Å². The molecule has 0 heterocycles. The third-order valence-electron chi connectivity index (χ3n) is 2.23. The van der Waals surface area contributed by atoms with Crippen molar-refractivity contribution >= 4 is 12.9 Å². The number of hydrogen-bond acceptors (Lipinski definition) is 4. The molecule has 0 saturated carbocycles. The minimum atomic E-state index is -3.13. The first-order valence-corrected chi connectivity index (χ1v) is 7.33. The van der Waals surface area contributed by atoms with Gasteiger partial charge in [0, 0.05) is 6.54 Å². The predicted octanol–water partition coefficient (Wildman–Crippen LogP) is 2.30. The summed E-state index contributed by atoms with van der Waals surface area (Å²) in [5.41, 5.74) is 1.13. The molecule has 0 fully saturated rings. The van der Waals surface area contributed by atoms with Crippen molar-refractivity contribution in [2.75, 3.05) is 20.3 Å². The first-order valence-electron chi connectivity index (χ1n) is 5.79. The van der Waals surface area contributed by atoms with Gasteiger partial charge in [0.2, 0.25) is 0 Å². The van der Waals surface area contributed by atoms with Crippen LogP contribution in [0.5, 0.6) is 0 Å². The maximum atomic E-state index is 12.4. The topological polar surface area (TPSA) is 47.6 Å². The monoisotopic (exact) mass is 257 g/mol. The fraction of sp³-hybridized carbons (Fsp3) is 0.500. The lowest BCUT2D eigenvalue weighted by molar-refractivity contribution is 0.230. The van der Waals surface area contributed by atoms with Gasteiger partial charge in [-0.05, 0) is 38.6 Å². The van der Waals surface area contributed by atoms with Gasteiger partial charge < -0.3 is 14.4 Å². The van der Waals surface area contributed by atoms with Crippen LogP contribution in [0, 0.1) is 0 Å². The van der Waals surface area contributed by atoms with Crippen molar-refractivity contribution in [3.05, 3.63) is 29.8 Å². The second-order valence-corrected chi connectivity index (χ2v) is 5.56. The van der Waals surface area contributed by atoms with Crippen LogP contribution >= 0.6 is 7.60 Å². The van der Waals surface area contributed by atoms with E-state index >= 15 is 0 Å². The van der Waals surface area contributed by atoms with Crippen LogP contribution in [0.2, 0.25) is 0 Å². The van der Waals surface area contributed by atoms with Crippen LogP contribution in [0.1, 0.15) is 19.4 Å². The summed E-state index contributed by atoms with van der Waals surface area (Å²) in [4.78, 5) is 0. The zero-order chi connectivity index (χ0) is 12.7. The number of rotatable bonds is 7. The fourth-order valence-electron chi connectivity index (χ4n) is 1.53. The quantitative estimate of drug-likeness (QED) is 0.761. The van der Waals surface area contributed by atoms with Crippen molar-refractivity contribution in [2.24, 2.45) is 0 Å². The van der Waals surface area contributed by atoms with E-state index in [9.17, 15) is 4.57 Å². The molecule has 0 bridgehead atoms. The van der Waals surface area contributed by atoms with E-state index in [1.165, 1.54) is 0 Å². The standard InChI is InChI=1S/C12H20NO3P/c1-4-15-17(14,16-5-2)12-8-6-11(7-9-12)10-13-3/h6-9,13H,4-5,10H2,1-3H3. The Morgan fingerprint density at radius 2 is 1.65 bits per heavy atom. The Morgan fingerprint density at radius 3 is 2.06 bits per heavy atom. The summed E-state index contributed by atoms with van der Waals surface area (Å²) in [6.07, 6.45) is 0. The van der Waals surface area contributed by atoms with Crippen molar-refractivity contribution in [3.63, 3.8) is 0 Å². The zero-order valence-electron chi connectivity index (χ0n) is 10.6. The molecule has 1 rings (SSSR count). The molecule has 1 N–H and O–H groups in total. The van der Waals surface area contributed by atoms with E-state index in [0.717, 1.165) is 12.1 Å². The second-order valence-electron chi connectivity index (χ2n) is 3.53. The maximum Gasteiger partial charge on any atom is 0.361 e. The van der Waals surface area contributed by atoms with E-state index in [-0.39, 0.29) is 0 Å². The van der Waals surface area contributed by atoms with Gasteiger partial charge in [0.1, 0.15) is 0 Å². The molecule has 0 aliphatic heterocycles. The summed E-state index contributed by atoms with van der Waals surface area (Å²) >= 11 is 0. The Labute approximate surface area is 103 Å². The van der Waals surface area contributed by atoms with Crippen molar-refractivity contribution in [3.8, 4) is 0 Å². The van der Waals surface area contributed by atoms with Crippen LogP contribution in [-0.4, -0.2) is 20.3 Å². The van der Waals surface area contributed by atoms with Gasteiger partial charge in [-0.25, -0.2) is 0 Å². The Bertz CT molecular complexity index is 368. The highest BCUT2D eigenvalue weighted by Gasteiger charge is 2.26. The lowest BCUT2D eigenvalue weighted by Gasteiger charge is -2.17. The Kier molecular flexibility index (Phi) is 5.86. The minimum Gasteiger partial charge on any atom is -0.316 e. The molecule has 5 heteroatoms. The Morgan fingerprint density at radius 1 is 1.12 bits per heavy atom. The smallest absolute Gasteiger partial charge is 0.316 e. The van der Waals surface area contributed by atoms with Crippen molar-refractivity contribution in [2.45, 2.75) is 20.4 Å². The zero-order valence-corrected chi connectivity index (χ0v) is 11.5. The minimum absolute atomic E-state index is 0.371. The van der Waals surface area contributed by atoms with Gasteiger partial charge in [-0.15, -0.1) is 0 Å². The molecule has 0 unspecified atom stereocenters. The first kappa shape index (κ1) is 14.4. The molecule has 0 aliphatic carbocycles. The summed E-state index contributed by atoms with van der Waals surface area (Å²) in [5, 5.41) is 3.67. The molecule has 17 heavy (non-hydrogen) atoms. The van der Waals surface area contributed by atoms with E-state index in [2.05, 4.69) is 5.32 Å². The van der Waals surface area contributed by atoms with Crippen LogP contribution in [0.25, 0.3) is 0 Å². The van der Waals surface area contributed by atoms with Gasteiger partial charge in [0.25, 0.3) is 0 Å². The first-order chi connectivity index (χ1) is 8.16. The third-order valence-corrected chi connectivity index (χ3v) is 4.36. The van der Waals surface area contributed by atoms with E-state index in [1.54, 1.807) is 26.0 Å². The molecule has 1 aromatic rings. The molecule has 0 atom stereocenters. The third kappa shape index (κ3) is 3.93. The molecule has 0 amide bonds. The van der Waals surface area contributed by atoms with Gasteiger partial charge in [-0.3, -0.25) is 4.57 Å². The van der Waals surface area contributed by atoms with E-state index in [0.29, 0.717) is 18.5 Å². The summed E-state index contributed by atoms with van der Waals surface area (Å²) in [7, 11) is -1.24. The summed E-state index contributed by atoms with van der Waals surface area (Å²) in [6.45, 7) is 5.14. The Hall–Kier alpha value is -0.670. The van der Waals surface area contributed by atoms with Gasteiger partial charge in [0.05, 0.1) is 18.5 Å². The number of benzene rings is 1. The van der Waals surface area contributed by atoms with Gasteiger partial charge in [-0.2, -0.15) is 0 Å². The lowest BCUT2D eigenvalue weighted by atomic mass is 10.2.